The zero-order valence-electron chi connectivity index (χ0n) is 14.4. The van der Waals surface area contributed by atoms with E-state index in [0.29, 0.717) is 17.4 Å². The van der Waals surface area contributed by atoms with Crippen LogP contribution in [0, 0.1) is 18.6 Å². The number of halogens is 5. The molecule has 0 spiro atoms. The minimum Gasteiger partial charge on any atom is -0.439 e. The van der Waals surface area contributed by atoms with E-state index in [1.165, 1.54) is 6.07 Å². The van der Waals surface area contributed by atoms with Crippen LogP contribution in [0.2, 0.25) is 0 Å². The van der Waals surface area contributed by atoms with Crippen molar-refractivity contribution in [3.8, 4) is 11.6 Å². The Labute approximate surface area is 161 Å². The second-order valence-corrected chi connectivity index (χ2v) is 6.77. The molecule has 146 valence electrons. The van der Waals surface area contributed by atoms with Gasteiger partial charge < -0.3 is 4.74 Å². The zero-order chi connectivity index (χ0) is 20.3. The Morgan fingerprint density at radius 1 is 0.964 bits per heavy atom. The van der Waals surface area contributed by atoms with Gasteiger partial charge in [0.1, 0.15) is 5.75 Å². The summed E-state index contributed by atoms with van der Waals surface area (Å²) in [5.74, 6) is -1.91. The highest BCUT2D eigenvalue weighted by Crippen LogP contribution is 2.33. The number of aromatic nitrogens is 2. The van der Waals surface area contributed by atoms with E-state index in [9.17, 15) is 22.0 Å². The van der Waals surface area contributed by atoms with E-state index >= 15 is 0 Å². The number of aryl methyl sites for hydroxylation is 1. The van der Waals surface area contributed by atoms with Gasteiger partial charge in [0.25, 0.3) is 0 Å². The van der Waals surface area contributed by atoms with Crippen LogP contribution in [-0.4, -0.2) is 9.97 Å². The Bertz CT molecular complexity index is 994. The lowest BCUT2D eigenvalue weighted by Crippen LogP contribution is -2.10. The summed E-state index contributed by atoms with van der Waals surface area (Å²) in [6.07, 6.45) is -4.69. The largest absolute Gasteiger partial charge is 0.439 e. The quantitative estimate of drug-likeness (QED) is 0.285. The van der Waals surface area contributed by atoms with E-state index in [-0.39, 0.29) is 16.8 Å². The average Bonchev–Trinajstić information content (AvgIpc) is 2.62. The number of thioether (sulfide) groups is 1. The molecule has 3 rings (SSSR count). The second kappa shape index (κ2) is 8.14. The number of ether oxygens (including phenoxy) is 1. The fraction of sp³-hybridized carbons (Fsp3) is 0.158. The third-order valence-corrected chi connectivity index (χ3v) is 4.45. The zero-order valence-corrected chi connectivity index (χ0v) is 15.2. The van der Waals surface area contributed by atoms with Gasteiger partial charge in [-0.15, -0.1) is 0 Å². The van der Waals surface area contributed by atoms with Gasteiger partial charge in [0.15, 0.2) is 22.5 Å². The molecule has 0 saturated heterocycles. The van der Waals surface area contributed by atoms with Gasteiger partial charge in [-0.1, -0.05) is 30.0 Å². The topological polar surface area (TPSA) is 35.0 Å². The van der Waals surface area contributed by atoms with E-state index in [1.54, 1.807) is 18.2 Å². The monoisotopic (exact) mass is 412 g/mol. The number of rotatable bonds is 5. The van der Waals surface area contributed by atoms with Gasteiger partial charge in [-0.2, -0.15) is 18.2 Å². The number of hydrogen-bond donors (Lipinski definition) is 0. The molecule has 0 unspecified atom stereocenters. The maximum Gasteiger partial charge on any atom is 0.433 e. The van der Waals surface area contributed by atoms with Crippen LogP contribution < -0.4 is 4.74 Å². The van der Waals surface area contributed by atoms with Crippen LogP contribution in [0.3, 0.4) is 0 Å². The summed E-state index contributed by atoms with van der Waals surface area (Å²) in [5.41, 5.74) is 0.0968. The first-order chi connectivity index (χ1) is 13.2. The highest BCUT2D eigenvalue weighted by atomic mass is 32.2. The molecule has 9 heteroatoms. The minimum absolute atomic E-state index is 0.0579. The Hall–Kier alpha value is -2.68. The molecule has 0 aliphatic rings. The van der Waals surface area contributed by atoms with E-state index in [4.69, 9.17) is 4.74 Å². The van der Waals surface area contributed by atoms with Crippen molar-refractivity contribution in [2.45, 2.75) is 24.0 Å². The van der Waals surface area contributed by atoms with Gasteiger partial charge in [0, 0.05) is 11.8 Å². The van der Waals surface area contributed by atoms with Crippen molar-refractivity contribution in [1.82, 2.24) is 9.97 Å². The highest BCUT2D eigenvalue weighted by Gasteiger charge is 2.34. The van der Waals surface area contributed by atoms with Crippen molar-refractivity contribution in [3.05, 3.63) is 77.0 Å². The molecule has 1 aromatic heterocycles. The van der Waals surface area contributed by atoms with Crippen molar-refractivity contribution in [2.75, 3.05) is 0 Å². The fourth-order valence-corrected chi connectivity index (χ4v) is 3.04. The lowest BCUT2D eigenvalue weighted by molar-refractivity contribution is -0.141. The molecular formula is C19H13F5N2OS. The summed E-state index contributed by atoms with van der Waals surface area (Å²) < 4.78 is 71.2. The second-order valence-electron chi connectivity index (χ2n) is 5.83. The summed E-state index contributed by atoms with van der Waals surface area (Å²) in [4.78, 5) is 7.49. The standard InChI is InChI=1S/C19H13F5N2OS/c1-11-3-2-4-13(7-11)27-17-9-16(19(22,23)24)25-18(26-17)28-10-12-5-6-14(20)15(21)8-12/h2-9H,10H2,1H3. The molecule has 3 nitrogen and oxygen atoms in total. The summed E-state index contributed by atoms with van der Waals surface area (Å²) in [7, 11) is 0. The minimum atomic E-state index is -4.69. The molecular weight excluding hydrogens is 399 g/mol. The first-order valence-electron chi connectivity index (χ1n) is 7.98. The predicted molar refractivity (Wildman–Crippen MR) is 94.2 cm³/mol. The van der Waals surface area contributed by atoms with Gasteiger partial charge in [-0.25, -0.2) is 13.8 Å². The maximum atomic E-state index is 13.3. The van der Waals surface area contributed by atoms with Crippen molar-refractivity contribution < 1.29 is 26.7 Å². The van der Waals surface area contributed by atoms with Crippen LogP contribution in [0.1, 0.15) is 16.8 Å². The van der Waals surface area contributed by atoms with E-state index < -0.39 is 23.5 Å². The number of nitrogens with zero attached hydrogens (tertiary/aromatic N) is 2. The lowest BCUT2D eigenvalue weighted by Gasteiger charge is -2.11. The Kier molecular flexibility index (Phi) is 5.83. The molecule has 0 amide bonds. The van der Waals surface area contributed by atoms with Gasteiger partial charge in [0.05, 0.1) is 0 Å². The molecule has 0 aliphatic carbocycles. The van der Waals surface area contributed by atoms with Crippen molar-refractivity contribution in [2.24, 2.45) is 0 Å². The summed E-state index contributed by atoms with van der Waals surface area (Å²) in [6, 6.07) is 10.7. The number of benzene rings is 2. The Balaban J connectivity index is 1.85. The van der Waals surface area contributed by atoms with Crippen molar-refractivity contribution in [1.29, 1.82) is 0 Å². The molecule has 1 heterocycles. The third kappa shape index (κ3) is 5.19. The van der Waals surface area contributed by atoms with Crippen LogP contribution in [0.25, 0.3) is 0 Å². The average molecular weight is 412 g/mol. The maximum absolute atomic E-state index is 13.3. The van der Waals surface area contributed by atoms with E-state index in [0.717, 1.165) is 29.5 Å². The Morgan fingerprint density at radius 3 is 2.43 bits per heavy atom. The summed E-state index contributed by atoms with van der Waals surface area (Å²) in [6.45, 7) is 1.82. The molecule has 2 aromatic carbocycles. The number of hydrogen-bond acceptors (Lipinski definition) is 4. The van der Waals surface area contributed by atoms with Gasteiger partial charge >= 0.3 is 6.18 Å². The first kappa shape index (κ1) is 20.1. The Morgan fingerprint density at radius 2 is 1.75 bits per heavy atom. The number of alkyl halides is 3. The van der Waals surface area contributed by atoms with Gasteiger partial charge in [-0.3, -0.25) is 0 Å². The van der Waals surface area contributed by atoms with Crippen LogP contribution in [0.4, 0.5) is 22.0 Å². The van der Waals surface area contributed by atoms with Crippen molar-refractivity contribution in [3.63, 3.8) is 0 Å². The normalized spacial score (nSPS) is 11.5. The SMILES string of the molecule is Cc1cccc(Oc2cc(C(F)(F)F)nc(SCc3ccc(F)c(F)c3)n2)c1. The van der Waals surface area contributed by atoms with E-state index in [2.05, 4.69) is 9.97 Å². The van der Waals surface area contributed by atoms with Gasteiger partial charge in [-0.05, 0) is 42.3 Å². The molecule has 0 atom stereocenters. The van der Waals surface area contributed by atoms with Crippen LogP contribution in [0.5, 0.6) is 11.6 Å². The molecule has 28 heavy (non-hydrogen) atoms. The van der Waals surface area contributed by atoms with Crippen LogP contribution in [0.15, 0.2) is 53.7 Å². The molecule has 0 fully saturated rings. The molecule has 3 aromatic rings. The van der Waals surface area contributed by atoms with E-state index in [1.807, 2.05) is 13.0 Å². The fourth-order valence-electron chi connectivity index (χ4n) is 2.24. The van der Waals surface area contributed by atoms with Crippen LogP contribution in [-0.2, 0) is 11.9 Å². The summed E-state index contributed by atoms with van der Waals surface area (Å²) >= 11 is 0.855. The molecule has 0 radical (unpaired) electrons. The molecule has 0 N–H and O–H groups in total. The summed E-state index contributed by atoms with van der Waals surface area (Å²) in [5, 5.41) is -0.192. The predicted octanol–water partition coefficient (Wildman–Crippen LogP) is 6.17. The molecule has 0 bridgehead atoms. The highest BCUT2D eigenvalue weighted by molar-refractivity contribution is 7.98. The van der Waals surface area contributed by atoms with Crippen molar-refractivity contribution >= 4 is 11.8 Å². The molecule has 0 saturated carbocycles. The van der Waals surface area contributed by atoms with Crippen LogP contribution >= 0.6 is 11.8 Å². The third-order valence-electron chi connectivity index (χ3n) is 3.54. The smallest absolute Gasteiger partial charge is 0.433 e. The molecule has 0 aliphatic heterocycles. The van der Waals surface area contributed by atoms with Gasteiger partial charge in [0.2, 0.25) is 5.88 Å². The lowest BCUT2D eigenvalue weighted by atomic mass is 10.2. The first-order valence-corrected chi connectivity index (χ1v) is 8.97.